The van der Waals surface area contributed by atoms with Gasteiger partial charge in [0, 0.05) is 23.5 Å². The van der Waals surface area contributed by atoms with Crippen molar-refractivity contribution in [3.05, 3.63) is 87.7 Å². The van der Waals surface area contributed by atoms with Crippen LogP contribution in [-0.4, -0.2) is 35.5 Å². The van der Waals surface area contributed by atoms with E-state index in [-0.39, 0.29) is 11.9 Å². The largest absolute Gasteiger partial charge is 0.497 e. The van der Waals surface area contributed by atoms with Crippen LogP contribution in [0.2, 0.25) is 0 Å². The van der Waals surface area contributed by atoms with E-state index in [9.17, 15) is 9.59 Å². The molecule has 0 aliphatic rings. The van der Waals surface area contributed by atoms with E-state index in [1.807, 2.05) is 51.1 Å². The number of aromatic nitrogens is 1. The topological polar surface area (TPSA) is 71.6 Å². The summed E-state index contributed by atoms with van der Waals surface area (Å²) < 4.78 is 10.5. The number of H-pyrrole nitrogens is 1. The highest BCUT2D eigenvalue weighted by Gasteiger charge is 2.23. The lowest BCUT2D eigenvalue weighted by Crippen LogP contribution is -2.30. The first-order valence-electron chi connectivity index (χ1n) is 10.7. The molecular weight excluding hydrogens is 404 g/mol. The minimum atomic E-state index is -0.353. The predicted octanol–water partition coefficient (Wildman–Crippen LogP) is 4.97. The highest BCUT2D eigenvalue weighted by atomic mass is 16.5. The number of amides is 1. The molecule has 0 saturated carbocycles. The molecule has 6 heteroatoms. The van der Waals surface area contributed by atoms with Crippen molar-refractivity contribution in [2.45, 2.75) is 40.8 Å². The quantitative estimate of drug-likeness (QED) is 0.508. The Bertz CT molecular complexity index is 1100. The summed E-state index contributed by atoms with van der Waals surface area (Å²) >= 11 is 0. The molecule has 0 unspecified atom stereocenters. The molecule has 0 radical (unpaired) electrons. The van der Waals surface area contributed by atoms with Crippen LogP contribution in [0.15, 0.2) is 48.5 Å². The summed E-state index contributed by atoms with van der Waals surface area (Å²) in [7, 11) is 1.58. The third-order valence-electron chi connectivity index (χ3n) is 5.47. The van der Waals surface area contributed by atoms with Crippen molar-refractivity contribution in [3.8, 4) is 5.75 Å². The minimum absolute atomic E-state index is 0.117. The van der Waals surface area contributed by atoms with Crippen molar-refractivity contribution < 1.29 is 19.1 Å². The first-order chi connectivity index (χ1) is 15.3. The van der Waals surface area contributed by atoms with Crippen LogP contribution in [-0.2, 0) is 17.8 Å². The van der Waals surface area contributed by atoms with Gasteiger partial charge in [-0.05, 0) is 57.0 Å². The summed E-state index contributed by atoms with van der Waals surface area (Å²) in [6, 6.07) is 15.3. The summed E-state index contributed by atoms with van der Waals surface area (Å²) in [4.78, 5) is 30.9. The average molecular weight is 435 g/mol. The van der Waals surface area contributed by atoms with E-state index in [0.717, 1.165) is 28.1 Å². The molecule has 3 rings (SSSR count). The number of hydrogen-bond donors (Lipinski definition) is 1. The first kappa shape index (κ1) is 23.1. The molecule has 1 amide bonds. The number of nitrogens with one attached hydrogen (secondary N) is 1. The molecule has 0 atom stereocenters. The number of carbonyl (C=O) groups is 2. The van der Waals surface area contributed by atoms with E-state index in [2.05, 4.69) is 4.98 Å². The van der Waals surface area contributed by atoms with Crippen molar-refractivity contribution in [2.75, 3.05) is 13.7 Å². The van der Waals surface area contributed by atoms with E-state index in [4.69, 9.17) is 9.47 Å². The molecule has 0 aliphatic heterocycles. The Morgan fingerprint density at radius 3 is 2.38 bits per heavy atom. The lowest BCUT2D eigenvalue weighted by Gasteiger charge is -2.23. The van der Waals surface area contributed by atoms with Crippen molar-refractivity contribution in [1.82, 2.24) is 9.88 Å². The maximum absolute atomic E-state index is 13.5. The van der Waals surface area contributed by atoms with Gasteiger partial charge in [0.25, 0.3) is 5.91 Å². The second-order valence-electron chi connectivity index (χ2n) is 7.83. The third kappa shape index (κ3) is 5.19. The van der Waals surface area contributed by atoms with Gasteiger partial charge < -0.3 is 19.4 Å². The van der Waals surface area contributed by atoms with Crippen LogP contribution >= 0.6 is 0 Å². The molecule has 1 N–H and O–H groups in total. The fourth-order valence-electron chi connectivity index (χ4n) is 3.73. The molecule has 6 nitrogen and oxygen atoms in total. The van der Waals surface area contributed by atoms with E-state index >= 15 is 0 Å². The zero-order valence-electron chi connectivity index (χ0n) is 19.3. The molecule has 3 aromatic rings. The van der Waals surface area contributed by atoms with Gasteiger partial charge in [0.05, 0.1) is 25.8 Å². The number of hydrogen-bond acceptors (Lipinski definition) is 4. The van der Waals surface area contributed by atoms with E-state index in [0.29, 0.717) is 36.6 Å². The second-order valence-corrected chi connectivity index (χ2v) is 7.83. The van der Waals surface area contributed by atoms with Crippen LogP contribution in [0.1, 0.15) is 55.7 Å². The van der Waals surface area contributed by atoms with Crippen LogP contribution < -0.4 is 4.74 Å². The number of rotatable bonds is 8. The number of nitrogens with zero attached hydrogens (tertiary/aromatic N) is 1. The van der Waals surface area contributed by atoms with E-state index < -0.39 is 0 Å². The number of carbonyl (C=O) groups excluding carboxylic acids is 2. The lowest BCUT2D eigenvalue weighted by atomic mass is 10.1. The number of ether oxygens (including phenoxy) is 2. The maximum Gasteiger partial charge on any atom is 0.340 e. The summed E-state index contributed by atoms with van der Waals surface area (Å²) in [5.41, 5.74) is 5.61. The minimum Gasteiger partial charge on any atom is -0.497 e. The van der Waals surface area contributed by atoms with Crippen LogP contribution in [0.5, 0.6) is 5.75 Å². The summed E-state index contributed by atoms with van der Waals surface area (Å²) in [5, 5.41) is 0. The number of methoxy groups -OCH3 is 1. The van der Waals surface area contributed by atoms with Gasteiger partial charge in [-0.1, -0.05) is 35.9 Å². The average Bonchev–Trinajstić information content (AvgIpc) is 3.07. The number of aryl methyl sites for hydroxylation is 2. The third-order valence-corrected chi connectivity index (χ3v) is 5.47. The Balaban J connectivity index is 1.95. The lowest BCUT2D eigenvalue weighted by molar-refractivity contribution is 0.0525. The standard InChI is InChI=1S/C26H30N2O4/c1-6-32-26(30)24-18(3)23(27-19(24)4)16-28(15-20-12-10-17(2)11-13-20)25(29)21-8-7-9-22(14-21)31-5/h7-14,27H,6,15-16H2,1-5H3. The summed E-state index contributed by atoms with van der Waals surface area (Å²) in [5.74, 6) is 0.158. The van der Waals surface area contributed by atoms with Crippen molar-refractivity contribution >= 4 is 11.9 Å². The van der Waals surface area contributed by atoms with Crippen LogP contribution in [0.3, 0.4) is 0 Å². The fraction of sp³-hybridized carbons (Fsp3) is 0.308. The van der Waals surface area contributed by atoms with Crippen molar-refractivity contribution in [3.63, 3.8) is 0 Å². The van der Waals surface area contributed by atoms with Gasteiger partial charge in [-0.2, -0.15) is 0 Å². The van der Waals surface area contributed by atoms with Crippen molar-refractivity contribution in [2.24, 2.45) is 0 Å². The molecule has 2 aromatic carbocycles. The van der Waals surface area contributed by atoms with Crippen LogP contribution in [0.25, 0.3) is 0 Å². The Hall–Kier alpha value is -3.54. The highest BCUT2D eigenvalue weighted by molar-refractivity contribution is 5.95. The van der Waals surface area contributed by atoms with Gasteiger partial charge in [-0.25, -0.2) is 4.79 Å². The van der Waals surface area contributed by atoms with Gasteiger partial charge in [-0.3, -0.25) is 4.79 Å². The van der Waals surface area contributed by atoms with Crippen molar-refractivity contribution in [1.29, 1.82) is 0 Å². The second kappa shape index (κ2) is 10.2. The molecule has 32 heavy (non-hydrogen) atoms. The Morgan fingerprint density at radius 2 is 1.72 bits per heavy atom. The SMILES string of the molecule is CCOC(=O)c1c(C)[nH]c(CN(Cc2ccc(C)cc2)C(=O)c2cccc(OC)c2)c1C. The monoisotopic (exact) mass is 434 g/mol. The summed E-state index contributed by atoms with van der Waals surface area (Å²) in [6.07, 6.45) is 0. The zero-order chi connectivity index (χ0) is 23.3. The Morgan fingerprint density at radius 1 is 1.00 bits per heavy atom. The molecule has 0 aliphatic carbocycles. The highest BCUT2D eigenvalue weighted by Crippen LogP contribution is 2.23. The van der Waals surface area contributed by atoms with Crippen LogP contribution in [0, 0.1) is 20.8 Å². The molecular formula is C26H30N2O4. The number of esters is 1. The molecule has 168 valence electrons. The van der Waals surface area contributed by atoms with E-state index in [1.54, 1.807) is 37.1 Å². The fourth-order valence-corrected chi connectivity index (χ4v) is 3.73. The molecule has 0 fully saturated rings. The number of benzene rings is 2. The van der Waals surface area contributed by atoms with Gasteiger partial charge >= 0.3 is 5.97 Å². The maximum atomic E-state index is 13.5. The van der Waals surface area contributed by atoms with Gasteiger partial charge in [0.15, 0.2) is 0 Å². The predicted molar refractivity (Wildman–Crippen MR) is 124 cm³/mol. The Labute approximate surface area is 189 Å². The Kier molecular flexibility index (Phi) is 7.36. The molecule has 0 spiro atoms. The van der Waals surface area contributed by atoms with Gasteiger partial charge in [0.1, 0.15) is 5.75 Å². The smallest absolute Gasteiger partial charge is 0.340 e. The molecule has 0 bridgehead atoms. The van der Waals surface area contributed by atoms with Gasteiger partial charge in [0.2, 0.25) is 0 Å². The van der Waals surface area contributed by atoms with E-state index in [1.165, 1.54) is 0 Å². The number of aromatic amines is 1. The molecule has 1 aromatic heterocycles. The van der Waals surface area contributed by atoms with Gasteiger partial charge in [-0.15, -0.1) is 0 Å². The molecule has 0 saturated heterocycles. The zero-order valence-corrected chi connectivity index (χ0v) is 19.3. The molecule has 1 heterocycles. The summed E-state index contributed by atoms with van der Waals surface area (Å²) in [6.45, 7) is 8.62. The first-order valence-corrected chi connectivity index (χ1v) is 10.7. The van der Waals surface area contributed by atoms with Crippen LogP contribution in [0.4, 0.5) is 0 Å². The normalized spacial score (nSPS) is 10.7.